The first-order valence-corrected chi connectivity index (χ1v) is 10.4. The minimum absolute atomic E-state index is 0.0101. The van der Waals surface area contributed by atoms with Crippen LogP contribution >= 0.6 is 0 Å². The Labute approximate surface area is 180 Å². The molecule has 31 heavy (non-hydrogen) atoms. The molecule has 6 nitrogen and oxygen atoms in total. The summed E-state index contributed by atoms with van der Waals surface area (Å²) in [5.41, 5.74) is 1.83. The molecule has 1 N–H and O–H groups in total. The molecule has 1 amide bonds. The second-order valence-corrected chi connectivity index (χ2v) is 8.23. The van der Waals surface area contributed by atoms with Crippen LogP contribution in [0.15, 0.2) is 24.4 Å². The van der Waals surface area contributed by atoms with Crippen LogP contribution in [-0.2, 0) is 21.4 Å². The minimum atomic E-state index is -1.11. The van der Waals surface area contributed by atoms with Crippen LogP contribution in [0.3, 0.4) is 0 Å². The number of halogens is 2. The lowest BCUT2D eigenvalue weighted by atomic mass is 9.81. The number of H-pyrrole nitrogens is 1. The first-order chi connectivity index (χ1) is 14.7. The van der Waals surface area contributed by atoms with E-state index in [4.69, 9.17) is 4.74 Å². The number of unbranched alkanes of at least 4 members (excludes halogenated alkanes) is 1. The Morgan fingerprint density at radius 1 is 1.23 bits per heavy atom. The van der Waals surface area contributed by atoms with Gasteiger partial charge in [-0.15, -0.1) is 0 Å². The van der Waals surface area contributed by atoms with Crippen LogP contribution in [0.4, 0.5) is 8.78 Å². The van der Waals surface area contributed by atoms with Gasteiger partial charge in [-0.05, 0) is 38.0 Å². The lowest BCUT2D eigenvalue weighted by Gasteiger charge is -2.30. The number of carbonyl (C=O) groups excluding carboxylic acids is 2. The fourth-order valence-electron chi connectivity index (χ4n) is 3.89. The minimum Gasteiger partial charge on any atom is -0.462 e. The van der Waals surface area contributed by atoms with Gasteiger partial charge in [0.15, 0.2) is 11.6 Å². The van der Waals surface area contributed by atoms with Gasteiger partial charge in [-0.3, -0.25) is 9.89 Å². The van der Waals surface area contributed by atoms with Crippen LogP contribution < -0.4 is 0 Å². The molecule has 0 atom stereocenters. The van der Waals surface area contributed by atoms with Gasteiger partial charge in [0.1, 0.15) is 5.57 Å². The molecular weight excluding hydrogens is 404 g/mol. The van der Waals surface area contributed by atoms with Crippen molar-refractivity contribution < 1.29 is 23.1 Å². The fourth-order valence-corrected chi connectivity index (χ4v) is 3.89. The fraction of sp³-hybridized carbons (Fsp3) is 0.435. The predicted molar refractivity (Wildman–Crippen MR) is 112 cm³/mol. The van der Waals surface area contributed by atoms with E-state index in [1.165, 1.54) is 17.2 Å². The van der Waals surface area contributed by atoms with Gasteiger partial charge in [-0.25, -0.2) is 13.6 Å². The smallest absolute Gasteiger partial charge is 0.341 e. The lowest BCUT2D eigenvalue weighted by Crippen LogP contribution is -2.37. The van der Waals surface area contributed by atoms with Crippen molar-refractivity contribution in [2.75, 3.05) is 13.2 Å². The van der Waals surface area contributed by atoms with E-state index in [0.717, 1.165) is 42.7 Å². The van der Waals surface area contributed by atoms with Crippen molar-refractivity contribution in [3.8, 4) is 0 Å². The van der Waals surface area contributed by atoms with E-state index in [9.17, 15) is 18.4 Å². The van der Waals surface area contributed by atoms with Crippen molar-refractivity contribution in [3.05, 3.63) is 58.5 Å². The van der Waals surface area contributed by atoms with E-state index in [1.807, 2.05) is 13.8 Å². The first kappa shape index (κ1) is 22.7. The van der Waals surface area contributed by atoms with Gasteiger partial charge in [0.05, 0.1) is 18.0 Å². The largest absolute Gasteiger partial charge is 0.462 e. The number of amides is 1. The van der Waals surface area contributed by atoms with Crippen molar-refractivity contribution in [1.82, 2.24) is 15.1 Å². The molecule has 0 bridgehead atoms. The number of aryl methyl sites for hydroxylation is 1. The molecule has 0 spiro atoms. The maximum Gasteiger partial charge on any atom is 0.341 e. The Bertz CT molecular complexity index is 1030. The molecule has 1 aliphatic heterocycles. The van der Waals surface area contributed by atoms with Crippen LogP contribution in [0, 0.1) is 11.6 Å². The zero-order valence-corrected chi connectivity index (χ0v) is 18.2. The van der Waals surface area contributed by atoms with Crippen molar-refractivity contribution in [1.29, 1.82) is 0 Å². The zero-order chi connectivity index (χ0) is 22.8. The Morgan fingerprint density at radius 2 is 1.97 bits per heavy atom. The number of esters is 1. The van der Waals surface area contributed by atoms with Crippen LogP contribution in [0.5, 0.6) is 0 Å². The number of fused-ring (bicyclic) bond motifs is 1. The number of hydrogen-bond donors (Lipinski definition) is 1. The van der Waals surface area contributed by atoms with Crippen molar-refractivity contribution in [3.63, 3.8) is 0 Å². The molecule has 166 valence electrons. The Morgan fingerprint density at radius 3 is 2.61 bits per heavy atom. The first-order valence-electron chi connectivity index (χ1n) is 10.4. The molecular formula is C23H27F2N3O3. The topological polar surface area (TPSA) is 75.3 Å². The van der Waals surface area contributed by atoms with Gasteiger partial charge in [0.25, 0.3) is 5.91 Å². The van der Waals surface area contributed by atoms with Crippen LogP contribution in [0.2, 0.25) is 0 Å². The highest BCUT2D eigenvalue weighted by molar-refractivity contribution is 6.17. The SMILES string of the molecule is CCCCc1n[nH]c2c1C(C)(C)CN(C(=O)c1ccc(F)c(F)c1)C=C2C(=O)OCC. The van der Waals surface area contributed by atoms with E-state index in [2.05, 4.69) is 17.1 Å². The Hall–Kier alpha value is -3.03. The summed E-state index contributed by atoms with van der Waals surface area (Å²) in [7, 11) is 0. The third kappa shape index (κ3) is 4.52. The van der Waals surface area contributed by atoms with E-state index in [1.54, 1.807) is 6.92 Å². The monoisotopic (exact) mass is 431 g/mol. The third-order valence-electron chi connectivity index (χ3n) is 5.33. The molecule has 0 radical (unpaired) electrons. The molecule has 0 fully saturated rings. The highest BCUT2D eigenvalue weighted by Crippen LogP contribution is 2.37. The average molecular weight is 431 g/mol. The average Bonchev–Trinajstić information content (AvgIpc) is 3.10. The van der Waals surface area contributed by atoms with Crippen LogP contribution in [0.1, 0.15) is 67.8 Å². The van der Waals surface area contributed by atoms with Crippen molar-refractivity contribution in [2.45, 2.75) is 52.4 Å². The maximum absolute atomic E-state index is 13.7. The molecule has 0 saturated carbocycles. The molecule has 1 aliphatic rings. The molecule has 3 rings (SSSR count). The number of aromatic nitrogens is 2. The summed E-state index contributed by atoms with van der Waals surface area (Å²) in [5.74, 6) is -3.26. The summed E-state index contributed by atoms with van der Waals surface area (Å²) < 4.78 is 32.3. The standard InChI is InChI=1S/C23H27F2N3O3/c1-5-7-8-18-19-20(27-26-18)15(22(30)31-6-2)12-28(13-23(19,3)4)21(29)14-9-10-16(24)17(25)11-14/h9-12H,5-8,13H2,1-4H3,(H,26,27). The van der Waals surface area contributed by atoms with Crippen molar-refractivity contribution >= 4 is 17.4 Å². The number of aromatic amines is 1. The highest BCUT2D eigenvalue weighted by Gasteiger charge is 2.38. The summed E-state index contributed by atoms with van der Waals surface area (Å²) in [4.78, 5) is 27.3. The summed E-state index contributed by atoms with van der Waals surface area (Å²) in [6, 6.07) is 3.00. The molecule has 1 aromatic heterocycles. The second-order valence-electron chi connectivity index (χ2n) is 8.23. The molecule has 2 heterocycles. The molecule has 2 aromatic rings. The number of nitrogens with zero attached hydrogens (tertiary/aromatic N) is 2. The number of ether oxygens (including phenoxy) is 1. The van der Waals surface area contributed by atoms with Gasteiger partial charge in [-0.1, -0.05) is 27.2 Å². The summed E-state index contributed by atoms with van der Waals surface area (Å²) in [5, 5.41) is 7.42. The molecule has 0 aliphatic carbocycles. The number of benzene rings is 1. The summed E-state index contributed by atoms with van der Waals surface area (Å²) in [6.07, 6.45) is 4.07. The number of nitrogens with one attached hydrogen (secondary N) is 1. The lowest BCUT2D eigenvalue weighted by molar-refractivity contribution is -0.136. The predicted octanol–water partition coefficient (Wildman–Crippen LogP) is 4.37. The molecule has 0 saturated heterocycles. The number of carbonyl (C=O) groups is 2. The van der Waals surface area contributed by atoms with Crippen LogP contribution in [0.25, 0.3) is 5.57 Å². The van der Waals surface area contributed by atoms with Gasteiger partial charge in [-0.2, -0.15) is 5.10 Å². The van der Waals surface area contributed by atoms with Gasteiger partial charge in [0.2, 0.25) is 0 Å². The quantitative estimate of drug-likeness (QED) is 0.690. The second kappa shape index (κ2) is 8.99. The Balaban J connectivity index is 2.10. The number of rotatable bonds is 6. The third-order valence-corrected chi connectivity index (χ3v) is 5.33. The molecule has 8 heteroatoms. The van der Waals surface area contributed by atoms with E-state index in [-0.39, 0.29) is 24.3 Å². The van der Waals surface area contributed by atoms with Crippen molar-refractivity contribution in [2.24, 2.45) is 0 Å². The van der Waals surface area contributed by atoms with Gasteiger partial charge in [0, 0.05) is 29.3 Å². The highest BCUT2D eigenvalue weighted by atomic mass is 19.2. The van der Waals surface area contributed by atoms with E-state index >= 15 is 0 Å². The zero-order valence-electron chi connectivity index (χ0n) is 18.2. The van der Waals surface area contributed by atoms with Gasteiger partial charge >= 0.3 is 5.97 Å². The van der Waals surface area contributed by atoms with E-state index in [0.29, 0.717) is 5.69 Å². The van der Waals surface area contributed by atoms with Crippen LogP contribution in [-0.4, -0.2) is 40.1 Å². The summed E-state index contributed by atoms with van der Waals surface area (Å²) in [6.45, 7) is 8.10. The van der Waals surface area contributed by atoms with Gasteiger partial charge < -0.3 is 9.64 Å². The maximum atomic E-state index is 13.7. The molecule has 1 aromatic carbocycles. The Kier molecular flexibility index (Phi) is 6.57. The normalized spacial score (nSPS) is 15.2. The number of hydrogen-bond acceptors (Lipinski definition) is 4. The van der Waals surface area contributed by atoms with E-state index < -0.39 is 28.9 Å². The molecule has 0 unspecified atom stereocenters. The summed E-state index contributed by atoms with van der Waals surface area (Å²) >= 11 is 0.